The van der Waals surface area contributed by atoms with Crippen LogP contribution >= 0.6 is 11.3 Å². The zero-order chi connectivity index (χ0) is 16.1. The number of thiazole rings is 1. The number of benzene rings is 1. The van der Waals surface area contributed by atoms with Crippen molar-refractivity contribution in [1.29, 1.82) is 0 Å². The maximum Gasteiger partial charge on any atom is 0.230 e. The summed E-state index contributed by atoms with van der Waals surface area (Å²) in [5.41, 5.74) is 7.44. The van der Waals surface area contributed by atoms with Crippen molar-refractivity contribution >= 4 is 22.4 Å². The van der Waals surface area contributed by atoms with Gasteiger partial charge in [-0.1, -0.05) is 13.8 Å². The van der Waals surface area contributed by atoms with E-state index < -0.39 is 0 Å². The van der Waals surface area contributed by atoms with Crippen molar-refractivity contribution in [2.75, 3.05) is 19.0 Å². The van der Waals surface area contributed by atoms with Crippen LogP contribution in [-0.2, 0) is 11.2 Å². The van der Waals surface area contributed by atoms with E-state index in [4.69, 9.17) is 10.5 Å². The highest BCUT2D eigenvalue weighted by molar-refractivity contribution is 7.16. The quantitative estimate of drug-likeness (QED) is 0.858. The first kappa shape index (κ1) is 16.5. The lowest BCUT2D eigenvalue weighted by Gasteiger charge is -2.06. The third kappa shape index (κ3) is 3.64. The number of amides is 1. The number of hydrogen-bond acceptors (Lipinski definition) is 5. The van der Waals surface area contributed by atoms with Gasteiger partial charge in [-0.25, -0.2) is 4.98 Å². The first-order valence-electron chi connectivity index (χ1n) is 7.24. The van der Waals surface area contributed by atoms with Crippen LogP contribution in [-0.4, -0.2) is 24.5 Å². The molecule has 118 valence electrons. The van der Waals surface area contributed by atoms with E-state index in [-0.39, 0.29) is 11.8 Å². The first-order chi connectivity index (χ1) is 10.6. The van der Waals surface area contributed by atoms with Crippen LogP contribution in [0.5, 0.6) is 5.75 Å². The van der Waals surface area contributed by atoms with Gasteiger partial charge in [0, 0.05) is 22.9 Å². The molecule has 0 bridgehead atoms. The van der Waals surface area contributed by atoms with E-state index in [1.165, 1.54) is 11.3 Å². The largest absolute Gasteiger partial charge is 0.497 e. The smallest absolute Gasteiger partial charge is 0.230 e. The first-order valence-corrected chi connectivity index (χ1v) is 8.05. The molecule has 6 heteroatoms. The number of carbonyl (C=O) groups excluding carboxylic acids is 1. The summed E-state index contributed by atoms with van der Waals surface area (Å²) in [4.78, 5) is 17.6. The van der Waals surface area contributed by atoms with Crippen LogP contribution in [0.2, 0.25) is 0 Å². The summed E-state index contributed by atoms with van der Waals surface area (Å²) in [5.74, 6) is 0.487. The van der Waals surface area contributed by atoms with Crippen LogP contribution in [0.15, 0.2) is 24.3 Å². The summed E-state index contributed by atoms with van der Waals surface area (Å²) in [6, 6.07) is 7.76. The molecule has 5 nitrogen and oxygen atoms in total. The summed E-state index contributed by atoms with van der Waals surface area (Å²) in [6.45, 7) is 4.20. The number of aromatic nitrogens is 1. The number of methoxy groups -OCH3 is 1. The lowest BCUT2D eigenvalue weighted by atomic mass is 10.1. The minimum atomic E-state index is -0.224. The van der Waals surface area contributed by atoms with Crippen LogP contribution in [0.3, 0.4) is 0 Å². The Kier molecular flexibility index (Phi) is 5.51. The standard InChI is InChI=1S/C16H21N3O2S/c1-4-13-14(11-5-7-12(21-3)8-6-11)18-16(22-13)19-15(20)10(2)9-17/h5-8,10H,4,9,17H2,1-3H3,(H,18,19,20). The highest BCUT2D eigenvalue weighted by atomic mass is 32.1. The molecule has 1 heterocycles. The Labute approximate surface area is 134 Å². The molecule has 1 unspecified atom stereocenters. The molecule has 2 aromatic rings. The lowest BCUT2D eigenvalue weighted by molar-refractivity contribution is -0.119. The third-order valence-corrected chi connectivity index (χ3v) is 4.53. The average molecular weight is 319 g/mol. The average Bonchev–Trinajstić information content (AvgIpc) is 2.96. The fourth-order valence-electron chi connectivity index (χ4n) is 1.95. The Morgan fingerprint density at radius 1 is 1.41 bits per heavy atom. The maximum absolute atomic E-state index is 11.9. The molecule has 0 saturated heterocycles. The van der Waals surface area contributed by atoms with Crippen LogP contribution in [0.1, 0.15) is 18.7 Å². The Balaban J connectivity index is 2.26. The van der Waals surface area contributed by atoms with Gasteiger partial charge in [0.2, 0.25) is 5.91 Å². The number of nitrogens with zero attached hydrogens (tertiary/aromatic N) is 1. The van der Waals surface area contributed by atoms with Crippen molar-refractivity contribution in [3.63, 3.8) is 0 Å². The van der Waals surface area contributed by atoms with E-state index in [1.54, 1.807) is 14.0 Å². The van der Waals surface area contributed by atoms with E-state index in [9.17, 15) is 4.79 Å². The minimum absolute atomic E-state index is 0.0971. The Morgan fingerprint density at radius 3 is 2.64 bits per heavy atom. The number of hydrogen-bond donors (Lipinski definition) is 2. The number of nitrogens with one attached hydrogen (secondary N) is 1. The van der Waals surface area contributed by atoms with Gasteiger partial charge in [-0.05, 0) is 30.7 Å². The normalized spacial score (nSPS) is 12.0. The molecule has 1 aromatic heterocycles. The van der Waals surface area contributed by atoms with Gasteiger partial charge in [0.05, 0.1) is 12.8 Å². The number of anilines is 1. The van der Waals surface area contributed by atoms with Gasteiger partial charge >= 0.3 is 0 Å². The summed E-state index contributed by atoms with van der Waals surface area (Å²) < 4.78 is 5.17. The van der Waals surface area contributed by atoms with E-state index in [0.717, 1.165) is 28.3 Å². The van der Waals surface area contributed by atoms with Crippen molar-refractivity contribution in [1.82, 2.24) is 4.98 Å². The second-order valence-corrected chi connectivity index (χ2v) is 6.08. The van der Waals surface area contributed by atoms with Crippen molar-refractivity contribution < 1.29 is 9.53 Å². The Morgan fingerprint density at radius 2 is 2.09 bits per heavy atom. The molecule has 1 aromatic carbocycles. The highest BCUT2D eigenvalue weighted by Gasteiger charge is 2.16. The van der Waals surface area contributed by atoms with E-state index in [1.807, 2.05) is 24.3 Å². The third-order valence-electron chi connectivity index (χ3n) is 3.41. The van der Waals surface area contributed by atoms with Gasteiger partial charge in [-0.15, -0.1) is 11.3 Å². The summed E-state index contributed by atoms with van der Waals surface area (Å²) in [6.07, 6.45) is 0.862. The molecule has 0 radical (unpaired) electrons. The minimum Gasteiger partial charge on any atom is -0.497 e. The molecule has 1 amide bonds. The molecule has 2 rings (SSSR count). The fourth-order valence-corrected chi connectivity index (χ4v) is 2.88. The van der Waals surface area contributed by atoms with E-state index >= 15 is 0 Å². The van der Waals surface area contributed by atoms with E-state index in [2.05, 4.69) is 17.2 Å². The number of rotatable bonds is 6. The molecule has 0 aliphatic heterocycles. The predicted octanol–water partition coefficient (Wildman–Crippen LogP) is 2.91. The van der Waals surface area contributed by atoms with Gasteiger partial charge < -0.3 is 15.8 Å². The second-order valence-electron chi connectivity index (χ2n) is 5.00. The van der Waals surface area contributed by atoms with Crippen molar-refractivity contribution in [3.05, 3.63) is 29.1 Å². The predicted molar refractivity (Wildman–Crippen MR) is 90.3 cm³/mol. The SMILES string of the molecule is CCc1sc(NC(=O)C(C)CN)nc1-c1ccc(OC)cc1. The van der Waals surface area contributed by atoms with Gasteiger partial charge in [-0.2, -0.15) is 0 Å². The van der Waals surface area contributed by atoms with Crippen molar-refractivity contribution in [2.24, 2.45) is 11.7 Å². The van der Waals surface area contributed by atoms with E-state index in [0.29, 0.717) is 11.7 Å². The number of aryl methyl sites for hydroxylation is 1. The van der Waals surface area contributed by atoms with Crippen molar-refractivity contribution in [2.45, 2.75) is 20.3 Å². The van der Waals surface area contributed by atoms with Gasteiger partial charge in [0.25, 0.3) is 0 Å². The van der Waals surface area contributed by atoms with Crippen LogP contribution in [0, 0.1) is 5.92 Å². The molecule has 0 fully saturated rings. The van der Waals surface area contributed by atoms with Gasteiger partial charge in [-0.3, -0.25) is 4.79 Å². The second kappa shape index (κ2) is 7.38. The van der Waals surface area contributed by atoms with Crippen LogP contribution in [0.25, 0.3) is 11.3 Å². The lowest BCUT2D eigenvalue weighted by Crippen LogP contribution is -2.26. The van der Waals surface area contributed by atoms with Crippen molar-refractivity contribution in [3.8, 4) is 17.0 Å². The zero-order valence-corrected chi connectivity index (χ0v) is 13.9. The molecule has 0 aliphatic rings. The Hall–Kier alpha value is -1.92. The molecule has 3 N–H and O–H groups in total. The molecule has 1 atom stereocenters. The molecule has 22 heavy (non-hydrogen) atoms. The maximum atomic E-state index is 11.9. The van der Waals surface area contributed by atoms with Gasteiger partial charge in [0.15, 0.2) is 5.13 Å². The molecular formula is C16H21N3O2S. The molecule has 0 saturated carbocycles. The number of ether oxygens (including phenoxy) is 1. The fraction of sp³-hybridized carbons (Fsp3) is 0.375. The summed E-state index contributed by atoms with van der Waals surface area (Å²) in [7, 11) is 1.64. The molecular weight excluding hydrogens is 298 g/mol. The summed E-state index contributed by atoms with van der Waals surface area (Å²) in [5, 5.41) is 3.46. The highest BCUT2D eigenvalue weighted by Crippen LogP contribution is 2.32. The monoisotopic (exact) mass is 319 g/mol. The Bertz CT molecular complexity index is 637. The summed E-state index contributed by atoms with van der Waals surface area (Å²) >= 11 is 1.51. The van der Waals surface area contributed by atoms with Crippen LogP contribution in [0.4, 0.5) is 5.13 Å². The molecule has 0 aliphatic carbocycles. The van der Waals surface area contributed by atoms with Crippen LogP contribution < -0.4 is 15.8 Å². The topological polar surface area (TPSA) is 77.2 Å². The number of carbonyl (C=O) groups is 1. The zero-order valence-electron chi connectivity index (χ0n) is 13.1. The van der Waals surface area contributed by atoms with Gasteiger partial charge in [0.1, 0.15) is 5.75 Å². The number of nitrogens with two attached hydrogens (primary N) is 1. The molecule has 0 spiro atoms.